The first-order valence-corrected chi connectivity index (χ1v) is 3.41. The number of piperidine rings is 1. The van der Waals surface area contributed by atoms with E-state index in [1.165, 1.54) is 0 Å². The zero-order chi connectivity index (χ0) is 7.61. The zero-order valence-electron chi connectivity index (χ0n) is 6.16. The van der Waals surface area contributed by atoms with Crippen LogP contribution in [0.25, 0.3) is 0 Å². The van der Waals surface area contributed by atoms with Crippen molar-refractivity contribution in [1.29, 1.82) is 0 Å². The van der Waals surface area contributed by atoms with E-state index in [0.717, 1.165) is 0 Å². The summed E-state index contributed by atoms with van der Waals surface area (Å²) in [6, 6.07) is 0. The number of rotatable bonds is 1. The van der Waals surface area contributed by atoms with Gasteiger partial charge in [0.05, 0.1) is 12.7 Å². The number of aliphatic hydroxyl groups excluding tert-OH is 2. The van der Waals surface area contributed by atoms with E-state index in [4.69, 9.17) is 10.2 Å². The molecule has 5 heteroatoms. The van der Waals surface area contributed by atoms with E-state index in [2.05, 4.69) is 5.32 Å². The van der Waals surface area contributed by atoms with Gasteiger partial charge in [0, 0.05) is 6.54 Å². The third kappa shape index (κ3) is 2.28. The van der Waals surface area contributed by atoms with Crippen LogP contribution in [-0.2, 0) is 0 Å². The van der Waals surface area contributed by atoms with E-state index in [-0.39, 0.29) is 19.0 Å². The Morgan fingerprint density at radius 2 is 2.18 bits per heavy atom. The van der Waals surface area contributed by atoms with Gasteiger partial charge in [0.1, 0.15) is 5.60 Å². The molecule has 4 nitrogen and oxygen atoms in total. The maximum atomic E-state index is 9.41. The number of halogens is 1. The van der Waals surface area contributed by atoms with Crippen LogP contribution in [0.1, 0.15) is 6.42 Å². The third-order valence-electron chi connectivity index (χ3n) is 1.97. The maximum absolute atomic E-state index is 9.41. The lowest BCUT2D eigenvalue weighted by Crippen LogP contribution is -2.56. The summed E-state index contributed by atoms with van der Waals surface area (Å²) in [5.41, 5.74) is -1.27. The Morgan fingerprint density at radius 3 is 2.55 bits per heavy atom. The van der Waals surface area contributed by atoms with Crippen LogP contribution >= 0.6 is 12.4 Å². The van der Waals surface area contributed by atoms with E-state index in [1.54, 1.807) is 0 Å². The molecule has 0 spiro atoms. The van der Waals surface area contributed by atoms with E-state index in [9.17, 15) is 5.11 Å². The molecule has 0 aliphatic carbocycles. The van der Waals surface area contributed by atoms with Gasteiger partial charge in [-0.2, -0.15) is 0 Å². The van der Waals surface area contributed by atoms with Gasteiger partial charge < -0.3 is 20.6 Å². The minimum Gasteiger partial charge on any atom is -0.393 e. The molecule has 0 bridgehead atoms. The first kappa shape index (κ1) is 11.1. The van der Waals surface area contributed by atoms with Gasteiger partial charge in [0.25, 0.3) is 0 Å². The van der Waals surface area contributed by atoms with Gasteiger partial charge in [-0.25, -0.2) is 0 Å². The SMILES string of the molecule is Cl.OC[C@]1(O)CCNC[C@H]1O. The van der Waals surface area contributed by atoms with Gasteiger partial charge in [0.2, 0.25) is 0 Å². The van der Waals surface area contributed by atoms with Crippen molar-refractivity contribution in [3.8, 4) is 0 Å². The van der Waals surface area contributed by atoms with E-state index in [0.29, 0.717) is 19.5 Å². The average Bonchev–Trinajstić information content (AvgIpc) is 1.96. The monoisotopic (exact) mass is 183 g/mol. The Balaban J connectivity index is 0.000001000. The highest BCUT2D eigenvalue weighted by Gasteiger charge is 2.36. The second kappa shape index (κ2) is 4.23. The van der Waals surface area contributed by atoms with Gasteiger partial charge in [-0.15, -0.1) is 12.4 Å². The summed E-state index contributed by atoms with van der Waals surface area (Å²) in [4.78, 5) is 0. The van der Waals surface area contributed by atoms with Crippen molar-refractivity contribution in [3.05, 3.63) is 0 Å². The van der Waals surface area contributed by atoms with Crippen molar-refractivity contribution in [2.75, 3.05) is 19.7 Å². The first-order chi connectivity index (χ1) is 4.69. The first-order valence-electron chi connectivity index (χ1n) is 3.41. The molecular formula is C6H14ClNO3. The second-order valence-electron chi connectivity index (χ2n) is 2.73. The Kier molecular flexibility index (Phi) is 4.28. The molecule has 68 valence electrons. The van der Waals surface area contributed by atoms with E-state index < -0.39 is 11.7 Å². The summed E-state index contributed by atoms with van der Waals surface area (Å²) in [7, 11) is 0. The summed E-state index contributed by atoms with van der Waals surface area (Å²) in [6.45, 7) is 0.640. The van der Waals surface area contributed by atoms with Crippen molar-refractivity contribution in [3.63, 3.8) is 0 Å². The lowest BCUT2D eigenvalue weighted by Gasteiger charge is -2.35. The van der Waals surface area contributed by atoms with Crippen LogP contribution in [0, 0.1) is 0 Å². The average molecular weight is 184 g/mol. The largest absolute Gasteiger partial charge is 0.393 e. The molecule has 1 aliphatic rings. The second-order valence-corrected chi connectivity index (χ2v) is 2.73. The molecule has 0 aromatic carbocycles. The number of nitrogens with one attached hydrogen (secondary N) is 1. The standard InChI is InChI=1S/C6H13NO3.ClH/c8-4-6(10)1-2-7-3-5(6)9;/h5,7-10H,1-4H2;1H/t5-,6-;/m1./s1. The summed E-state index contributed by atoms with van der Waals surface area (Å²) in [6.07, 6.45) is -0.434. The number of aliphatic hydroxyl groups is 3. The lowest BCUT2D eigenvalue weighted by atomic mass is 9.91. The number of hydrogen-bond donors (Lipinski definition) is 4. The lowest BCUT2D eigenvalue weighted by molar-refractivity contribution is -0.119. The molecule has 0 saturated carbocycles. The van der Waals surface area contributed by atoms with Crippen LogP contribution in [0.3, 0.4) is 0 Å². The van der Waals surface area contributed by atoms with Gasteiger partial charge in [-0.05, 0) is 13.0 Å². The quantitative estimate of drug-likeness (QED) is 0.399. The van der Waals surface area contributed by atoms with Crippen LogP contribution in [0.15, 0.2) is 0 Å². The predicted octanol–water partition coefficient (Wildman–Crippen LogP) is -1.51. The molecule has 0 unspecified atom stereocenters. The van der Waals surface area contributed by atoms with E-state index in [1.807, 2.05) is 0 Å². The van der Waals surface area contributed by atoms with Crippen molar-refractivity contribution in [2.45, 2.75) is 18.1 Å². The molecule has 0 aromatic heterocycles. The van der Waals surface area contributed by atoms with Crippen molar-refractivity contribution in [1.82, 2.24) is 5.32 Å². The topological polar surface area (TPSA) is 72.7 Å². The molecule has 1 fully saturated rings. The number of β-amino-alcohol motifs (C(OH)–C–C–N with tert-alkyl or cyclic N) is 1. The normalized spacial score (nSPS) is 37.9. The third-order valence-corrected chi connectivity index (χ3v) is 1.97. The summed E-state index contributed by atoms with van der Waals surface area (Å²) in [5.74, 6) is 0. The predicted molar refractivity (Wildman–Crippen MR) is 42.8 cm³/mol. The fourth-order valence-electron chi connectivity index (χ4n) is 1.08. The Bertz CT molecular complexity index is 124. The Labute approximate surface area is 71.6 Å². The van der Waals surface area contributed by atoms with Crippen molar-refractivity contribution >= 4 is 12.4 Å². The van der Waals surface area contributed by atoms with Crippen molar-refractivity contribution < 1.29 is 15.3 Å². The van der Waals surface area contributed by atoms with Crippen LogP contribution in [0.2, 0.25) is 0 Å². The Hall–Kier alpha value is 0.130. The summed E-state index contributed by atoms with van der Waals surface area (Å²) in [5, 5.41) is 30.2. The van der Waals surface area contributed by atoms with Crippen LogP contribution in [0.5, 0.6) is 0 Å². The summed E-state index contributed by atoms with van der Waals surface area (Å²) < 4.78 is 0. The maximum Gasteiger partial charge on any atom is 0.116 e. The molecule has 1 rings (SSSR count). The molecule has 1 saturated heterocycles. The Morgan fingerprint density at radius 1 is 1.55 bits per heavy atom. The fourth-order valence-corrected chi connectivity index (χ4v) is 1.08. The minimum atomic E-state index is -1.27. The molecule has 0 radical (unpaired) electrons. The molecular weight excluding hydrogens is 170 g/mol. The molecule has 1 aliphatic heterocycles. The molecule has 0 amide bonds. The van der Waals surface area contributed by atoms with Gasteiger partial charge in [-0.1, -0.05) is 0 Å². The van der Waals surface area contributed by atoms with Crippen LogP contribution < -0.4 is 5.32 Å². The highest BCUT2D eigenvalue weighted by Crippen LogP contribution is 2.16. The minimum absolute atomic E-state index is 0. The van der Waals surface area contributed by atoms with E-state index >= 15 is 0 Å². The van der Waals surface area contributed by atoms with Gasteiger partial charge in [-0.3, -0.25) is 0 Å². The van der Waals surface area contributed by atoms with Gasteiger partial charge >= 0.3 is 0 Å². The van der Waals surface area contributed by atoms with Crippen molar-refractivity contribution in [2.24, 2.45) is 0 Å². The molecule has 11 heavy (non-hydrogen) atoms. The summed E-state index contributed by atoms with van der Waals surface area (Å²) >= 11 is 0. The highest BCUT2D eigenvalue weighted by atomic mass is 35.5. The van der Waals surface area contributed by atoms with Crippen LogP contribution in [0.4, 0.5) is 0 Å². The smallest absolute Gasteiger partial charge is 0.116 e. The zero-order valence-corrected chi connectivity index (χ0v) is 6.97. The molecule has 0 aromatic rings. The fraction of sp³-hybridized carbons (Fsp3) is 1.00. The van der Waals surface area contributed by atoms with Gasteiger partial charge in [0.15, 0.2) is 0 Å². The molecule has 1 heterocycles. The molecule has 4 N–H and O–H groups in total. The van der Waals surface area contributed by atoms with Crippen LogP contribution in [-0.4, -0.2) is 46.7 Å². The molecule has 2 atom stereocenters. The highest BCUT2D eigenvalue weighted by molar-refractivity contribution is 5.85. The number of hydrogen-bond acceptors (Lipinski definition) is 4.